The van der Waals surface area contributed by atoms with Crippen LogP contribution in [0.2, 0.25) is 0 Å². The maximum Gasteiger partial charge on any atom is 0.267 e. The van der Waals surface area contributed by atoms with Crippen molar-refractivity contribution in [2.75, 3.05) is 0 Å². The number of hydrogen-bond acceptors (Lipinski definition) is 4. The zero-order valence-corrected chi connectivity index (χ0v) is 12.0. The molecule has 6 heteroatoms. The number of carbonyl (C=O) groups is 1. The molecule has 1 unspecified atom stereocenters. The van der Waals surface area contributed by atoms with Gasteiger partial charge in [0.05, 0.1) is 18.5 Å². The Morgan fingerprint density at radius 2 is 2.27 bits per heavy atom. The molecule has 1 aromatic heterocycles. The van der Waals surface area contributed by atoms with E-state index in [1.165, 1.54) is 12.1 Å². The molecule has 22 heavy (non-hydrogen) atoms. The number of oxime groups is 1. The Morgan fingerprint density at radius 1 is 1.41 bits per heavy atom. The van der Waals surface area contributed by atoms with E-state index in [4.69, 9.17) is 9.25 Å². The fourth-order valence-electron chi connectivity index (χ4n) is 2.25. The smallest absolute Gasteiger partial charge is 0.267 e. The van der Waals surface area contributed by atoms with Crippen LogP contribution in [0.4, 0.5) is 4.39 Å². The third-order valence-corrected chi connectivity index (χ3v) is 3.50. The van der Waals surface area contributed by atoms with Gasteiger partial charge in [0, 0.05) is 12.0 Å². The summed E-state index contributed by atoms with van der Waals surface area (Å²) in [5.41, 5.74) is 0.0616. The number of benzene rings is 1. The molecular weight excluding hydrogens is 287 g/mol. The van der Waals surface area contributed by atoms with Crippen LogP contribution in [0.25, 0.3) is 0 Å². The first kappa shape index (κ1) is 14.3. The number of hydrogen-bond donors (Lipinski definition) is 1. The van der Waals surface area contributed by atoms with Crippen LogP contribution in [0.15, 0.2) is 52.2 Å². The molecule has 1 aliphatic rings. The average molecular weight is 302 g/mol. The highest BCUT2D eigenvalue weighted by Gasteiger charge is 2.42. The van der Waals surface area contributed by atoms with Gasteiger partial charge in [-0.3, -0.25) is 4.79 Å². The zero-order valence-electron chi connectivity index (χ0n) is 12.0. The van der Waals surface area contributed by atoms with E-state index >= 15 is 0 Å². The molecule has 1 atom stereocenters. The molecule has 3 rings (SSSR count). The molecule has 5 nitrogen and oxygen atoms in total. The van der Waals surface area contributed by atoms with Gasteiger partial charge < -0.3 is 14.6 Å². The van der Waals surface area contributed by atoms with Gasteiger partial charge in [0.1, 0.15) is 11.6 Å². The van der Waals surface area contributed by atoms with E-state index in [-0.39, 0.29) is 24.7 Å². The second kappa shape index (κ2) is 5.63. The summed E-state index contributed by atoms with van der Waals surface area (Å²) in [6.45, 7) is 1.93. The highest BCUT2D eigenvalue weighted by Crippen LogP contribution is 2.27. The molecule has 1 N–H and O–H groups in total. The summed E-state index contributed by atoms with van der Waals surface area (Å²) in [6, 6.07) is 9.58. The molecule has 0 fully saturated rings. The minimum atomic E-state index is -1.10. The lowest BCUT2D eigenvalue weighted by molar-refractivity contribution is -0.141. The van der Waals surface area contributed by atoms with Crippen LogP contribution in [0.1, 0.15) is 24.7 Å². The van der Waals surface area contributed by atoms with Gasteiger partial charge in [-0.15, -0.1) is 0 Å². The van der Waals surface area contributed by atoms with E-state index in [1.807, 2.05) is 0 Å². The number of amides is 1. The minimum Gasteiger partial charge on any atom is -0.467 e. The Bertz CT molecular complexity index is 712. The van der Waals surface area contributed by atoms with Gasteiger partial charge in [0.15, 0.2) is 0 Å². The van der Waals surface area contributed by atoms with Gasteiger partial charge in [-0.05, 0) is 31.2 Å². The van der Waals surface area contributed by atoms with Gasteiger partial charge >= 0.3 is 0 Å². The summed E-state index contributed by atoms with van der Waals surface area (Å²) >= 11 is 0. The maximum atomic E-state index is 13.3. The molecule has 0 bridgehead atoms. The molecule has 2 aromatic rings. The number of halogens is 1. The quantitative estimate of drug-likeness (QED) is 0.944. The molecule has 0 radical (unpaired) electrons. The minimum absolute atomic E-state index is 0.278. The monoisotopic (exact) mass is 302 g/mol. The summed E-state index contributed by atoms with van der Waals surface area (Å²) in [5, 5.41) is 6.68. The highest BCUT2D eigenvalue weighted by atomic mass is 19.1. The predicted molar refractivity (Wildman–Crippen MR) is 77.6 cm³/mol. The van der Waals surface area contributed by atoms with Gasteiger partial charge in [0.2, 0.25) is 5.60 Å². The first-order valence-corrected chi connectivity index (χ1v) is 6.88. The number of nitrogens with zero attached hydrogens (tertiary/aromatic N) is 1. The lowest BCUT2D eigenvalue weighted by Gasteiger charge is -2.20. The molecule has 1 aliphatic heterocycles. The Hall–Kier alpha value is -2.63. The average Bonchev–Trinajstić information content (AvgIpc) is 3.15. The standard InChI is InChI=1S/C16H15FN2O3/c1-16(15(20)18-10-13-6-3-7-21-13)9-14(19-22-16)11-4-2-5-12(17)8-11/h2-8H,9-10H2,1H3,(H,18,20). The Labute approximate surface area is 126 Å². The van der Waals surface area contributed by atoms with E-state index in [9.17, 15) is 9.18 Å². The van der Waals surface area contributed by atoms with Crippen molar-refractivity contribution < 1.29 is 18.4 Å². The molecule has 0 spiro atoms. The molecular formula is C16H15FN2O3. The fourth-order valence-corrected chi connectivity index (χ4v) is 2.25. The summed E-state index contributed by atoms with van der Waals surface area (Å²) in [7, 11) is 0. The molecule has 0 saturated heterocycles. The van der Waals surface area contributed by atoms with Crippen LogP contribution in [-0.2, 0) is 16.2 Å². The Morgan fingerprint density at radius 3 is 3.00 bits per heavy atom. The third kappa shape index (κ3) is 2.86. The summed E-state index contributed by atoms with van der Waals surface area (Å²) in [4.78, 5) is 17.6. The van der Waals surface area contributed by atoms with Crippen LogP contribution in [0, 0.1) is 5.82 Å². The van der Waals surface area contributed by atoms with E-state index < -0.39 is 5.60 Å². The second-order valence-electron chi connectivity index (χ2n) is 5.31. The molecule has 0 saturated carbocycles. The van der Waals surface area contributed by atoms with Crippen LogP contribution in [-0.4, -0.2) is 17.2 Å². The van der Waals surface area contributed by atoms with Crippen molar-refractivity contribution in [2.24, 2.45) is 5.16 Å². The number of rotatable bonds is 4. The number of nitrogens with one attached hydrogen (secondary N) is 1. The van der Waals surface area contributed by atoms with Crippen molar-refractivity contribution in [3.8, 4) is 0 Å². The SMILES string of the molecule is CC1(C(=O)NCc2ccco2)CC(c2cccc(F)c2)=NO1. The van der Waals surface area contributed by atoms with Crippen LogP contribution >= 0.6 is 0 Å². The molecule has 2 heterocycles. The Balaban J connectivity index is 1.65. The Kier molecular flexibility index (Phi) is 3.66. The first-order valence-electron chi connectivity index (χ1n) is 6.88. The number of furan rings is 1. The van der Waals surface area contributed by atoms with Crippen molar-refractivity contribution in [1.82, 2.24) is 5.32 Å². The highest BCUT2D eigenvalue weighted by molar-refractivity contribution is 6.05. The molecule has 0 aliphatic carbocycles. The molecule has 114 valence electrons. The first-order chi connectivity index (χ1) is 10.6. The lowest BCUT2D eigenvalue weighted by Crippen LogP contribution is -2.44. The van der Waals surface area contributed by atoms with Gasteiger partial charge in [0.25, 0.3) is 5.91 Å². The summed E-state index contributed by atoms with van der Waals surface area (Å²) in [6.07, 6.45) is 1.82. The predicted octanol–water partition coefficient (Wildman–Crippen LogP) is 2.62. The van der Waals surface area contributed by atoms with Crippen LogP contribution < -0.4 is 5.32 Å². The van der Waals surface area contributed by atoms with Crippen molar-refractivity contribution in [3.63, 3.8) is 0 Å². The lowest BCUT2D eigenvalue weighted by atomic mass is 9.95. The fraction of sp³-hybridized carbons (Fsp3) is 0.250. The third-order valence-electron chi connectivity index (χ3n) is 3.50. The largest absolute Gasteiger partial charge is 0.467 e. The molecule has 1 amide bonds. The second-order valence-corrected chi connectivity index (χ2v) is 5.31. The van der Waals surface area contributed by atoms with Crippen molar-refractivity contribution in [2.45, 2.75) is 25.5 Å². The zero-order chi connectivity index (χ0) is 15.6. The van der Waals surface area contributed by atoms with E-state index in [2.05, 4.69) is 10.5 Å². The molecule has 1 aromatic carbocycles. The topological polar surface area (TPSA) is 63.8 Å². The van der Waals surface area contributed by atoms with Gasteiger partial charge in [-0.2, -0.15) is 0 Å². The van der Waals surface area contributed by atoms with E-state index in [0.29, 0.717) is 17.0 Å². The summed E-state index contributed by atoms with van der Waals surface area (Å²) in [5.74, 6) is 0.0105. The summed E-state index contributed by atoms with van der Waals surface area (Å²) < 4.78 is 18.4. The van der Waals surface area contributed by atoms with Gasteiger partial charge in [-0.1, -0.05) is 17.3 Å². The van der Waals surface area contributed by atoms with E-state index in [1.54, 1.807) is 37.5 Å². The van der Waals surface area contributed by atoms with Gasteiger partial charge in [-0.25, -0.2) is 4.39 Å². The van der Waals surface area contributed by atoms with E-state index in [0.717, 1.165) is 0 Å². The maximum absolute atomic E-state index is 13.3. The normalized spacial score (nSPS) is 20.4. The van der Waals surface area contributed by atoms with Crippen molar-refractivity contribution >= 4 is 11.6 Å². The van der Waals surface area contributed by atoms with Crippen LogP contribution in [0.5, 0.6) is 0 Å². The van der Waals surface area contributed by atoms with Crippen molar-refractivity contribution in [3.05, 3.63) is 59.8 Å². The van der Waals surface area contributed by atoms with Crippen LogP contribution in [0.3, 0.4) is 0 Å². The number of carbonyl (C=O) groups excluding carboxylic acids is 1. The van der Waals surface area contributed by atoms with Crippen molar-refractivity contribution in [1.29, 1.82) is 0 Å².